The van der Waals surface area contributed by atoms with Crippen molar-refractivity contribution in [3.8, 4) is 0 Å². The van der Waals surface area contributed by atoms with Crippen LogP contribution in [0.2, 0.25) is 0 Å². The molecule has 0 radical (unpaired) electrons. The number of nitrogens with zero attached hydrogens (tertiary/aromatic N) is 2. The summed E-state index contributed by atoms with van der Waals surface area (Å²) in [4.78, 5) is 3.86. The Morgan fingerprint density at radius 1 is 1.14 bits per heavy atom. The number of nitrogens with two attached hydrogens (primary N) is 1. The SMILES string of the molecule is Nc1ccc(/C=C/c2ncno2)cc1. The van der Waals surface area contributed by atoms with Crippen LogP contribution in [0.5, 0.6) is 0 Å². The molecule has 2 rings (SSSR count). The van der Waals surface area contributed by atoms with Crippen LogP contribution in [0.15, 0.2) is 35.1 Å². The Labute approximate surface area is 81.1 Å². The van der Waals surface area contributed by atoms with Crippen molar-refractivity contribution in [2.45, 2.75) is 0 Å². The van der Waals surface area contributed by atoms with Gasteiger partial charge in [0.1, 0.15) is 0 Å². The van der Waals surface area contributed by atoms with E-state index in [1.807, 2.05) is 30.3 Å². The van der Waals surface area contributed by atoms with Crippen molar-refractivity contribution in [3.05, 3.63) is 42.0 Å². The van der Waals surface area contributed by atoms with Crippen LogP contribution < -0.4 is 5.73 Å². The van der Waals surface area contributed by atoms with Crippen molar-refractivity contribution in [2.75, 3.05) is 5.73 Å². The van der Waals surface area contributed by atoms with E-state index in [4.69, 9.17) is 10.3 Å². The van der Waals surface area contributed by atoms with Crippen LogP contribution in [-0.2, 0) is 0 Å². The van der Waals surface area contributed by atoms with Crippen LogP contribution in [0, 0.1) is 0 Å². The molecular formula is C10H9N3O. The molecule has 0 aliphatic heterocycles. The molecule has 0 aliphatic carbocycles. The van der Waals surface area contributed by atoms with Crippen LogP contribution in [0.1, 0.15) is 11.5 Å². The predicted octanol–water partition coefficient (Wildman–Crippen LogP) is 1.82. The summed E-state index contributed by atoms with van der Waals surface area (Å²) in [5, 5.41) is 3.49. The van der Waals surface area contributed by atoms with E-state index in [0.29, 0.717) is 5.89 Å². The highest BCUT2D eigenvalue weighted by Crippen LogP contribution is 2.08. The molecular weight excluding hydrogens is 178 g/mol. The van der Waals surface area contributed by atoms with E-state index in [1.54, 1.807) is 6.08 Å². The summed E-state index contributed by atoms with van der Waals surface area (Å²) in [6, 6.07) is 7.52. The Hall–Kier alpha value is -2.10. The zero-order valence-electron chi connectivity index (χ0n) is 7.42. The minimum absolute atomic E-state index is 0.488. The quantitative estimate of drug-likeness (QED) is 0.728. The largest absolute Gasteiger partial charge is 0.399 e. The van der Waals surface area contributed by atoms with E-state index in [9.17, 15) is 0 Å². The Balaban J connectivity index is 2.15. The molecule has 1 aromatic carbocycles. The molecule has 0 saturated heterocycles. The first-order valence-corrected chi connectivity index (χ1v) is 4.15. The minimum atomic E-state index is 0.488. The van der Waals surface area contributed by atoms with Gasteiger partial charge >= 0.3 is 0 Å². The molecule has 0 bridgehead atoms. The monoisotopic (exact) mass is 187 g/mol. The number of hydrogen-bond acceptors (Lipinski definition) is 4. The van der Waals surface area contributed by atoms with Gasteiger partial charge in [0.05, 0.1) is 0 Å². The molecule has 1 heterocycles. The molecule has 2 N–H and O–H groups in total. The number of nitrogen functional groups attached to an aromatic ring is 1. The number of aromatic nitrogens is 2. The molecule has 14 heavy (non-hydrogen) atoms. The van der Waals surface area contributed by atoms with Gasteiger partial charge in [0.15, 0.2) is 6.33 Å². The van der Waals surface area contributed by atoms with Gasteiger partial charge in [-0.3, -0.25) is 0 Å². The van der Waals surface area contributed by atoms with Gasteiger partial charge in [-0.25, -0.2) is 0 Å². The number of benzene rings is 1. The Morgan fingerprint density at radius 3 is 2.57 bits per heavy atom. The molecule has 0 unspecified atom stereocenters. The van der Waals surface area contributed by atoms with Gasteiger partial charge in [-0.1, -0.05) is 17.3 Å². The van der Waals surface area contributed by atoms with Gasteiger partial charge in [-0.05, 0) is 23.8 Å². The predicted molar refractivity (Wildman–Crippen MR) is 54.1 cm³/mol. The molecule has 0 saturated carbocycles. The second-order valence-electron chi connectivity index (χ2n) is 2.78. The van der Waals surface area contributed by atoms with E-state index < -0.39 is 0 Å². The van der Waals surface area contributed by atoms with Crippen LogP contribution in [0.25, 0.3) is 12.2 Å². The third kappa shape index (κ3) is 1.98. The summed E-state index contributed by atoms with van der Waals surface area (Å²) in [5.41, 5.74) is 7.34. The van der Waals surface area contributed by atoms with Crippen LogP contribution in [-0.4, -0.2) is 10.1 Å². The van der Waals surface area contributed by atoms with Gasteiger partial charge in [-0.2, -0.15) is 4.98 Å². The maximum atomic E-state index is 5.55. The molecule has 70 valence electrons. The average molecular weight is 187 g/mol. The first-order valence-electron chi connectivity index (χ1n) is 4.15. The molecule has 4 nitrogen and oxygen atoms in total. The molecule has 0 amide bonds. The van der Waals surface area contributed by atoms with Gasteiger partial charge < -0.3 is 10.3 Å². The third-order valence-corrected chi connectivity index (χ3v) is 1.73. The lowest BCUT2D eigenvalue weighted by Gasteiger charge is -1.93. The number of anilines is 1. The lowest BCUT2D eigenvalue weighted by molar-refractivity contribution is 0.409. The molecule has 0 aliphatic rings. The first-order chi connectivity index (χ1) is 6.84. The van der Waals surface area contributed by atoms with Gasteiger partial charge in [-0.15, -0.1) is 0 Å². The fourth-order valence-corrected chi connectivity index (χ4v) is 1.03. The summed E-state index contributed by atoms with van der Waals surface area (Å²) < 4.78 is 4.81. The fraction of sp³-hybridized carbons (Fsp3) is 0. The van der Waals surface area contributed by atoms with Crippen LogP contribution in [0.3, 0.4) is 0 Å². The van der Waals surface area contributed by atoms with E-state index in [1.165, 1.54) is 6.33 Å². The zero-order valence-corrected chi connectivity index (χ0v) is 7.42. The van der Waals surface area contributed by atoms with E-state index in [0.717, 1.165) is 11.3 Å². The molecule has 4 heteroatoms. The standard InChI is InChI=1S/C10H9N3O/c11-9-4-1-8(2-5-9)3-6-10-12-7-13-14-10/h1-7H,11H2/b6-3+. The minimum Gasteiger partial charge on any atom is -0.399 e. The maximum absolute atomic E-state index is 5.55. The highest BCUT2D eigenvalue weighted by atomic mass is 16.5. The number of hydrogen-bond donors (Lipinski definition) is 1. The van der Waals surface area contributed by atoms with Crippen molar-refractivity contribution in [2.24, 2.45) is 0 Å². The molecule has 0 fully saturated rings. The molecule has 2 aromatic rings. The van der Waals surface area contributed by atoms with Crippen LogP contribution in [0.4, 0.5) is 5.69 Å². The summed E-state index contributed by atoms with van der Waals surface area (Å²) in [6.45, 7) is 0. The van der Waals surface area contributed by atoms with Crippen molar-refractivity contribution >= 4 is 17.8 Å². The average Bonchev–Trinajstić information content (AvgIpc) is 2.70. The lowest BCUT2D eigenvalue weighted by atomic mass is 10.2. The van der Waals surface area contributed by atoms with Crippen molar-refractivity contribution < 1.29 is 4.52 Å². The second kappa shape index (κ2) is 3.74. The smallest absolute Gasteiger partial charge is 0.250 e. The van der Waals surface area contributed by atoms with Gasteiger partial charge in [0, 0.05) is 11.8 Å². The van der Waals surface area contributed by atoms with Crippen LogP contribution >= 0.6 is 0 Å². The molecule has 0 spiro atoms. The van der Waals surface area contributed by atoms with Gasteiger partial charge in [0.25, 0.3) is 0 Å². The second-order valence-corrected chi connectivity index (χ2v) is 2.78. The Kier molecular flexibility index (Phi) is 2.27. The molecule has 0 atom stereocenters. The highest BCUT2D eigenvalue weighted by molar-refractivity contribution is 5.66. The summed E-state index contributed by atoms with van der Waals surface area (Å²) in [6.07, 6.45) is 4.99. The van der Waals surface area contributed by atoms with E-state index in [-0.39, 0.29) is 0 Å². The topological polar surface area (TPSA) is 64.9 Å². The molecule has 1 aromatic heterocycles. The van der Waals surface area contributed by atoms with Crippen molar-refractivity contribution in [1.29, 1.82) is 0 Å². The maximum Gasteiger partial charge on any atom is 0.250 e. The Bertz CT molecular complexity index is 417. The number of rotatable bonds is 2. The zero-order chi connectivity index (χ0) is 9.80. The normalized spacial score (nSPS) is 10.9. The van der Waals surface area contributed by atoms with Gasteiger partial charge in [0.2, 0.25) is 5.89 Å². The first kappa shape index (κ1) is 8.50. The van der Waals surface area contributed by atoms with Crippen molar-refractivity contribution in [3.63, 3.8) is 0 Å². The fourth-order valence-electron chi connectivity index (χ4n) is 1.03. The highest BCUT2D eigenvalue weighted by Gasteiger charge is 1.91. The van der Waals surface area contributed by atoms with E-state index >= 15 is 0 Å². The summed E-state index contributed by atoms with van der Waals surface area (Å²) >= 11 is 0. The third-order valence-electron chi connectivity index (χ3n) is 1.73. The Morgan fingerprint density at radius 2 is 1.93 bits per heavy atom. The van der Waals surface area contributed by atoms with Crippen molar-refractivity contribution in [1.82, 2.24) is 10.1 Å². The summed E-state index contributed by atoms with van der Waals surface area (Å²) in [7, 11) is 0. The lowest BCUT2D eigenvalue weighted by Crippen LogP contribution is -1.82. The summed E-state index contributed by atoms with van der Waals surface area (Å²) in [5.74, 6) is 0.488. The van der Waals surface area contributed by atoms with E-state index in [2.05, 4.69) is 10.1 Å².